The van der Waals surface area contributed by atoms with Crippen LogP contribution < -0.4 is 5.32 Å². The fourth-order valence-corrected chi connectivity index (χ4v) is 5.33. The van der Waals surface area contributed by atoms with Crippen molar-refractivity contribution in [3.05, 3.63) is 45.3 Å². The fraction of sp³-hybridized carbons (Fsp3) is 0.478. The van der Waals surface area contributed by atoms with Crippen molar-refractivity contribution < 1.29 is 19.2 Å². The van der Waals surface area contributed by atoms with Crippen LogP contribution in [0, 0.1) is 5.92 Å². The second-order valence-corrected chi connectivity index (χ2v) is 9.98. The van der Waals surface area contributed by atoms with Crippen molar-refractivity contribution in [2.75, 3.05) is 19.6 Å². The lowest BCUT2D eigenvalue weighted by atomic mass is 10.0. The van der Waals surface area contributed by atoms with Crippen molar-refractivity contribution in [1.82, 2.24) is 15.1 Å². The van der Waals surface area contributed by atoms with Gasteiger partial charge in [-0.1, -0.05) is 36.6 Å². The zero-order valence-corrected chi connectivity index (χ0v) is 19.5. The normalized spacial score (nSPS) is 20.1. The molecule has 2 aliphatic heterocycles. The molecular weight excluding hydrogens is 450 g/mol. The quantitative estimate of drug-likeness (QED) is 0.632. The minimum absolute atomic E-state index is 0.0354. The first kappa shape index (κ1) is 22.9. The lowest BCUT2D eigenvalue weighted by molar-refractivity contribution is -0.129. The van der Waals surface area contributed by atoms with Crippen molar-refractivity contribution in [3.63, 3.8) is 0 Å². The van der Waals surface area contributed by atoms with Gasteiger partial charge in [0, 0.05) is 19.1 Å². The number of nitrogens with one attached hydrogen (secondary N) is 1. The number of hydrogen-bond acceptors (Lipinski definition) is 5. The Kier molecular flexibility index (Phi) is 6.90. The van der Waals surface area contributed by atoms with Crippen LogP contribution >= 0.6 is 23.4 Å². The molecule has 32 heavy (non-hydrogen) atoms. The summed E-state index contributed by atoms with van der Waals surface area (Å²) in [6.07, 6.45) is 4.36. The molecule has 7 nitrogen and oxygen atoms in total. The summed E-state index contributed by atoms with van der Waals surface area (Å²) in [6.45, 7) is 2.59. The third kappa shape index (κ3) is 5.18. The van der Waals surface area contributed by atoms with Gasteiger partial charge in [0.2, 0.25) is 5.91 Å². The van der Waals surface area contributed by atoms with Crippen molar-refractivity contribution in [1.29, 1.82) is 0 Å². The van der Waals surface area contributed by atoms with Crippen molar-refractivity contribution in [3.8, 4) is 0 Å². The minimum atomic E-state index is -0.419. The highest BCUT2D eigenvalue weighted by Gasteiger charge is 2.39. The summed E-state index contributed by atoms with van der Waals surface area (Å²) in [6, 6.07) is 6.96. The van der Waals surface area contributed by atoms with Gasteiger partial charge in [-0.2, -0.15) is 0 Å². The maximum Gasteiger partial charge on any atom is 0.294 e. The molecule has 1 aromatic rings. The van der Waals surface area contributed by atoms with Gasteiger partial charge in [-0.15, -0.1) is 0 Å². The van der Waals surface area contributed by atoms with Gasteiger partial charge in [-0.25, -0.2) is 0 Å². The third-order valence-electron chi connectivity index (χ3n) is 6.02. The zero-order valence-electron chi connectivity index (χ0n) is 17.9. The first-order chi connectivity index (χ1) is 15.3. The summed E-state index contributed by atoms with van der Waals surface area (Å²) in [7, 11) is 0. The van der Waals surface area contributed by atoms with Crippen molar-refractivity contribution in [2.24, 2.45) is 5.92 Å². The standard InChI is InChI=1S/C23H26ClN3O4S/c1-14(12-15-6-7-15)25-19(28)13-27-22(30)20(32-23(27)31)16-8-10-26(11-9-16)21(29)17-4-2-3-5-18(17)24/h2-5,14-15H,6-13H2,1H3,(H,25,28). The van der Waals surface area contributed by atoms with E-state index in [9.17, 15) is 19.2 Å². The Bertz CT molecular complexity index is 981. The maximum absolute atomic E-state index is 12.9. The Morgan fingerprint density at radius 1 is 1.19 bits per heavy atom. The van der Waals surface area contributed by atoms with Gasteiger partial charge < -0.3 is 10.2 Å². The molecule has 2 saturated heterocycles. The van der Waals surface area contributed by atoms with E-state index in [1.807, 2.05) is 6.92 Å². The fourth-order valence-electron chi connectivity index (χ4n) is 4.14. The Morgan fingerprint density at radius 2 is 1.88 bits per heavy atom. The van der Waals surface area contributed by atoms with Gasteiger partial charge in [-0.05, 0) is 61.6 Å². The van der Waals surface area contributed by atoms with Crippen LogP contribution in [0.3, 0.4) is 0 Å². The molecule has 0 aromatic heterocycles. The van der Waals surface area contributed by atoms with Crippen molar-refractivity contribution in [2.45, 2.75) is 45.1 Å². The van der Waals surface area contributed by atoms with Crippen LogP contribution in [-0.2, 0) is 9.59 Å². The molecule has 9 heteroatoms. The summed E-state index contributed by atoms with van der Waals surface area (Å²) in [4.78, 5) is 53.5. The molecule has 1 saturated carbocycles. The van der Waals surface area contributed by atoms with Crippen LogP contribution in [0.25, 0.3) is 0 Å². The van der Waals surface area contributed by atoms with E-state index in [4.69, 9.17) is 11.6 Å². The van der Waals surface area contributed by atoms with Gasteiger partial charge in [0.15, 0.2) is 0 Å². The molecule has 0 bridgehead atoms. The Morgan fingerprint density at radius 3 is 2.53 bits per heavy atom. The topological polar surface area (TPSA) is 86.8 Å². The van der Waals surface area contributed by atoms with E-state index >= 15 is 0 Å². The molecular formula is C23H26ClN3O4S. The molecule has 4 rings (SSSR count). The lowest BCUT2D eigenvalue weighted by Crippen LogP contribution is -2.43. The summed E-state index contributed by atoms with van der Waals surface area (Å²) in [5.74, 6) is -0.180. The van der Waals surface area contributed by atoms with Crippen LogP contribution in [0.2, 0.25) is 5.02 Å². The number of hydrogen-bond donors (Lipinski definition) is 1. The first-order valence-corrected chi connectivity index (χ1v) is 12.1. The number of halogens is 1. The van der Waals surface area contributed by atoms with Gasteiger partial charge in [0.25, 0.3) is 17.1 Å². The smallest absolute Gasteiger partial charge is 0.294 e. The van der Waals surface area contributed by atoms with E-state index in [0.29, 0.717) is 47.3 Å². The van der Waals surface area contributed by atoms with Crippen LogP contribution in [0.1, 0.15) is 49.4 Å². The van der Waals surface area contributed by atoms with Crippen LogP contribution in [-0.4, -0.2) is 58.4 Å². The van der Waals surface area contributed by atoms with Crippen LogP contribution in [0.4, 0.5) is 4.79 Å². The van der Waals surface area contributed by atoms with Crippen LogP contribution in [0.5, 0.6) is 0 Å². The SMILES string of the molecule is CC(CC1CC1)NC(=O)CN1C(=O)SC(=C2CCN(C(=O)c3ccccc3Cl)CC2)C1=O. The number of imide groups is 1. The van der Waals surface area contributed by atoms with Gasteiger partial charge >= 0.3 is 0 Å². The van der Waals surface area contributed by atoms with E-state index in [-0.39, 0.29) is 24.4 Å². The predicted octanol–water partition coefficient (Wildman–Crippen LogP) is 3.83. The number of amides is 4. The highest BCUT2D eigenvalue weighted by molar-refractivity contribution is 8.18. The molecule has 0 spiro atoms. The average Bonchev–Trinajstić information content (AvgIpc) is 3.54. The predicted molar refractivity (Wildman–Crippen MR) is 123 cm³/mol. The molecule has 1 unspecified atom stereocenters. The molecule has 4 amide bonds. The Hall–Kier alpha value is -2.32. The number of likely N-dealkylation sites (tertiary alicyclic amines) is 1. The third-order valence-corrected chi connectivity index (χ3v) is 7.41. The lowest BCUT2D eigenvalue weighted by Gasteiger charge is -2.29. The van der Waals surface area contributed by atoms with E-state index in [0.717, 1.165) is 28.7 Å². The maximum atomic E-state index is 12.9. The van der Waals surface area contributed by atoms with Crippen LogP contribution in [0.15, 0.2) is 34.7 Å². The number of carbonyl (C=O) groups excluding carboxylic acids is 4. The van der Waals surface area contributed by atoms with Gasteiger partial charge in [0.1, 0.15) is 6.54 Å². The van der Waals surface area contributed by atoms with E-state index in [2.05, 4.69) is 5.32 Å². The minimum Gasteiger partial charge on any atom is -0.352 e. The summed E-state index contributed by atoms with van der Waals surface area (Å²) in [5, 5.41) is 2.88. The number of piperidine rings is 1. The summed E-state index contributed by atoms with van der Waals surface area (Å²) >= 11 is 7.03. The monoisotopic (exact) mass is 475 g/mol. The van der Waals surface area contributed by atoms with Gasteiger partial charge in [0.05, 0.1) is 15.5 Å². The first-order valence-electron chi connectivity index (χ1n) is 10.9. The Balaban J connectivity index is 1.35. The molecule has 170 valence electrons. The summed E-state index contributed by atoms with van der Waals surface area (Å²) in [5.41, 5.74) is 1.32. The van der Waals surface area contributed by atoms with E-state index in [1.165, 1.54) is 12.8 Å². The molecule has 1 atom stereocenters. The number of thioether (sulfide) groups is 1. The largest absolute Gasteiger partial charge is 0.352 e. The molecule has 1 aromatic carbocycles. The Labute approximate surface area is 196 Å². The van der Waals surface area contributed by atoms with Crippen molar-refractivity contribution >= 4 is 46.3 Å². The highest BCUT2D eigenvalue weighted by Crippen LogP contribution is 2.37. The number of carbonyl (C=O) groups is 4. The second-order valence-electron chi connectivity index (χ2n) is 8.61. The molecule has 2 heterocycles. The second kappa shape index (κ2) is 9.67. The van der Waals surface area contributed by atoms with E-state index < -0.39 is 11.1 Å². The molecule has 1 N–H and O–H groups in total. The molecule has 3 aliphatic rings. The summed E-state index contributed by atoms with van der Waals surface area (Å²) < 4.78 is 0. The molecule has 1 aliphatic carbocycles. The highest BCUT2D eigenvalue weighted by atomic mass is 35.5. The average molecular weight is 476 g/mol. The van der Waals surface area contributed by atoms with Gasteiger partial charge in [-0.3, -0.25) is 24.1 Å². The molecule has 0 radical (unpaired) electrons. The molecule has 3 fully saturated rings. The number of nitrogens with zero attached hydrogens (tertiary/aromatic N) is 2. The zero-order chi connectivity index (χ0) is 22.8. The number of rotatable bonds is 6. The van der Waals surface area contributed by atoms with E-state index in [1.54, 1.807) is 29.2 Å². The number of benzene rings is 1.